The van der Waals surface area contributed by atoms with Gasteiger partial charge in [-0.15, -0.1) is 21.5 Å². The second kappa shape index (κ2) is 9.67. The average molecular weight is 464 g/mol. The number of anilines is 2. The first-order valence-corrected chi connectivity index (χ1v) is 12.3. The normalized spacial score (nSPS) is 11.0. The summed E-state index contributed by atoms with van der Waals surface area (Å²) in [5, 5.41) is 12.1. The lowest BCUT2D eigenvalue weighted by Gasteiger charge is -2.18. The van der Waals surface area contributed by atoms with Crippen LogP contribution in [0.3, 0.4) is 0 Å². The highest BCUT2D eigenvalue weighted by molar-refractivity contribution is 7.98. The van der Waals surface area contributed by atoms with E-state index in [0.717, 1.165) is 34.5 Å². The number of thiazole rings is 1. The Morgan fingerprint density at radius 2 is 1.91 bits per heavy atom. The summed E-state index contributed by atoms with van der Waals surface area (Å²) >= 11 is 3.06. The number of thioether (sulfide) groups is 1. The number of amides is 1. The van der Waals surface area contributed by atoms with Gasteiger partial charge in [-0.3, -0.25) is 14.3 Å². The zero-order valence-electron chi connectivity index (χ0n) is 18.6. The van der Waals surface area contributed by atoms with Crippen LogP contribution in [0.25, 0.3) is 5.69 Å². The van der Waals surface area contributed by atoms with Crippen molar-refractivity contribution >= 4 is 39.8 Å². The largest absolute Gasteiger partial charge is 0.274 e. The molecule has 0 saturated carbocycles. The summed E-state index contributed by atoms with van der Waals surface area (Å²) in [7, 11) is 0. The minimum atomic E-state index is -0.0578. The van der Waals surface area contributed by atoms with E-state index >= 15 is 0 Å². The fourth-order valence-corrected chi connectivity index (χ4v) is 5.29. The highest BCUT2D eigenvalue weighted by atomic mass is 32.2. The van der Waals surface area contributed by atoms with Crippen LogP contribution < -0.4 is 4.90 Å². The lowest BCUT2D eigenvalue weighted by atomic mass is 10.1. The number of benzene rings is 2. The van der Waals surface area contributed by atoms with Crippen LogP contribution >= 0.6 is 23.1 Å². The van der Waals surface area contributed by atoms with Crippen molar-refractivity contribution in [2.75, 3.05) is 4.90 Å². The minimum absolute atomic E-state index is 0.0578. The molecule has 164 valence electrons. The van der Waals surface area contributed by atoms with E-state index < -0.39 is 0 Å². The van der Waals surface area contributed by atoms with E-state index in [1.54, 1.807) is 23.6 Å². The Bertz CT molecular complexity index is 1230. The molecule has 0 atom stereocenters. The molecular weight excluding hydrogens is 438 g/mol. The second-order valence-electron chi connectivity index (χ2n) is 7.49. The third-order valence-electron chi connectivity index (χ3n) is 5.05. The number of nitrogens with zero attached hydrogens (tertiary/aromatic N) is 5. The highest BCUT2D eigenvalue weighted by Crippen LogP contribution is 2.32. The predicted octanol–water partition coefficient (Wildman–Crippen LogP) is 5.88. The molecule has 1 amide bonds. The first-order valence-electron chi connectivity index (χ1n) is 10.4. The maximum absolute atomic E-state index is 12.4. The molecular formula is C24H25N5OS2. The number of hydrogen-bond acceptors (Lipinski definition) is 6. The van der Waals surface area contributed by atoms with Crippen LogP contribution in [0.2, 0.25) is 0 Å². The Morgan fingerprint density at radius 3 is 2.59 bits per heavy atom. The number of carbonyl (C=O) groups is 1. The molecule has 0 bridgehead atoms. The van der Waals surface area contributed by atoms with Crippen LogP contribution in [0.4, 0.5) is 10.8 Å². The number of rotatable bonds is 7. The maximum atomic E-state index is 12.4. The molecule has 0 spiro atoms. The van der Waals surface area contributed by atoms with Gasteiger partial charge in [0.25, 0.3) is 0 Å². The van der Waals surface area contributed by atoms with Crippen molar-refractivity contribution < 1.29 is 4.79 Å². The Labute approximate surface area is 196 Å². The number of hydrogen-bond donors (Lipinski definition) is 0. The zero-order valence-corrected chi connectivity index (χ0v) is 20.2. The second-order valence-corrected chi connectivity index (χ2v) is 9.27. The van der Waals surface area contributed by atoms with Gasteiger partial charge in [-0.2, -0.15) is 0 Å². The fourth-order valence-electron chi connectivity index (χ4n) is 3.41. The van der Waals surface area contributed by atoms with E-state index in [1.165, 1.54) is 22.5 Å². The zero-order chi connectivity index (χ0) is 22.7. The van der Waals surface area contributed by atoms with Crippen LogP contribution in [0.5, 0.6) is 0 Å². The molecule has 32 heavy (non-hydrogen) atoms. The summed E-state index contributed by atoms with van der Waals surface area (Å²) < 4.78 is 2.06. The Kier molecular flexibility index (Phi) is 6.72. The molecule has 2 aromatic carbocycles. The standard InChI is InChI=1S/C24H25N5OS2/c1-5-19-9-11-21(12-10-19)29(18(4)30)23-25-20(14-31-23)15-32-24-27-26-17(3)28(24)22-8-6-7-16(2)13-22/h6-14H,5,15H2,1-4H3. The maximum Gasteiger partial charge on any atom is 0.230 e. The van der Waals surface area contributed by atoms with Crippen molar-refractivity contribution in [1.29, 1.82) is 0 Å². The summed E-state index contributed by atoms with van der Waals surface area (Å²) in [5.41, 5.74) is 5.21. The van der Waals surface area contributed by atoms with Crippen LogP contribution in [-0.4, -0.2) is 25.7 Å². The summed E-state index contributed by atoms with van der Waals surface area (Å²) in [4.78, 5) is 18.8. The molecule has 4 rings (SSSR count). The van der Waals surface area contributed by atoms with Gasteiger partial charge in [0.15, 0.2) is 10.3 Å². The number of aryl methyl sites for hydroxylation is 3. The van der Waals surface area contributed by atoms with Gasteiger partial charge in [0.2, 0.25) is 5.91 Å². The van der Waals surface area contributed by atoms with Crippen LogP contribution in [0, 0.1) is 13.8 Å². The molecule has 2 heterocycles. The lowest BCUT2D eigenvalue weighted by Crippen LogP contribution is -2.22. The highest BCUT2D eigenvalue weighted by Gasteiger charge is 2.19. The van der Waals surface area contributed by atoms with Crippen molar-refractivity contribution in [3.05, 3.63) is 76.6 Å². The van der Waals surface area contributed by atoms with Crippen molar-refractivity contribution in [1.82, 2.24) is 19.7 Å². The quantitative estimate of drug-likeness (QED) is 0.320. The Hall–Kier alpha value is -2.97. The van der Waals surface area contributed by atoms with E-state index in [9.17, 15) is 4.79 Å². The molecule has 0 aliphatic rings. The van der Waals surface area contributed by atoms with Gasteiger partial charge >= 0.3 is 0 Å². The fraction of sp³-hybridized carbons (Fsp3) is 0.250. The van der Waals surface area contributed by atoms with Crippen LogP contribution in [0.15, 0.2) is 59.1 Å². The van der Waals surface area contributed by atoms with Gasteiger partial charge in [0, 0.05) is 23.7 Å². The SMILES string of the molecule is CCc1ccc(N(C(C)=O)c2nc(CSc3nnc(C)n3-c3cccc(C)c3)cs2)cc1. The molecule has 0 N–H and O–H groups in total. The molecule has 6 nitrogen and oxygen atoms in total. The van der Waals surface area contributed by atoms with Gasteiger partial charge < -0.3 is 0 Å². The third kappa shape index (κ3) is 4.76. The summed E-state index contributed by atoms with van der Waals surface area (Å²) in [6.07, 6.45) is 0.964. The Balaban J connectivity index is 1.53. The van der Waals surface area contributed by atoms with Gasteiger partial charge in [-0.05, 0) is 55.7 Å². The van der Waals surface area contributed by atoms with Gasteiger partial charge in [-0.25, -0.2) is 4.98 Å². The van der Waals surface area contributed by atoms with Crippen molar-refractivity contribution in [2.24, 2.45) is 0 Å². The van der Waals surface area contributed by atoms with Gasteiger partial charge in [0.1, 0.15) is 5.82 Å². The molecule has 0 radical (unpaired) electrons. The monoisotopic (exact) mass is 463 g/mol. The first kappa shape index (κ1) is 22.2. The third-order valence-corrected chi connectivity index (χ3v) is 6.89. The smallest absolute Gasteiger partial charge is 0.230 e. The predicted molar refractivity (Wildman–Crippen MR) is 131 cm³/mol. The summed E-state index contributed by atoms with van der Waals surface area (Å²) in [6.45, 7) is 7.71. The number of carbonyl (C=O) groups excluding carboxylic acids is 1. The molecule has 0 aliphatic heterocycles. The Morgan fingerprint density at radius 1 is 1.12 bits per heavy atom. The average Bonchev–Trinajstić information content (AvgIpc) is 3.39. The van der Waals surface area contributed by atoms with Gasteiger partial charge in [0.05, 0.1) is 11.4 Å². The van der Waals surface area contributed by atoms with Crippen LogP contribution in [0.1, 0.15) is 36.5 Å². The van der Waals surface area contributed by atoms with Gasteiger partial charge in [-0.1, -0.05) is 43.0 Å². The molecule has 0 saturated heterocycles. The van der Waals surface area contributed by atoms with Crippen molar-refractivity contribution in [2.45, 2.75) is 45.0 Å². The topological polar surface area (TPSA) is 63.9 Å². The molecule has 8 heteroatoms. The summed E-state index contributed by atoms with van der Waals surface area (Å²) in [5.74, 6) is 1.42. The van der Waals surface area contributed by atoms with E-state index in [0.29, 0.717) is 10.9 Å². The van der Waals surface area contributed by atoms with Crippen molar-refractivity contribution in [3.63, 3.8) is 0 Å². The summed E-state index contributed by atoms with van der Waals surface area (Å²) in [6, 6.07) is 16.3. The molecule has 4 aromatic rings. The van der Waals surface area contributed by atoms with Crippen molar-refractivity contribution in [3.8, 4) is 5.69 Å². The lowest BCUT2D eigenvalue weighted by molar-refractivity contribution is -0.115. The number of aromatic nitrogens is 4. The molecule has 0 fully saturated rings. The van der Waals surface area contributed by atoms with E-state index in [2.05, 4.69) is 58.9 Å². The minimum Gasteiger partial charge on any atom is -0.274 e. The molecule has 2 aromatic heterocycles. The molecule has 0 unspecified atom stereocenters. The van der Waals surface area contributed by atoms with E-state index in [-0.39, 0.29) is 5.91 Å². The van der Waals surface area contributed by atoms with Crippen LogP contribution in [-0.2, 0) is 17.0 Å². The first-order chi connectivity index (χ1) is 15.5. The molecule has 0 aliphatic carbocycles. The van der Waals surface area contributed by atoms with E-state index in [4.69, 9.17) is 4.98 Å². The van der Waals surface area contributed by atoms with E-state index in [1.807, 2.05) is 30.5 Å².